The second-order valence-electron chi connectivity index (χ2n) is 3.95. The number of aromatic nitrogens is 2. The van der Waals surface area contributed by atoms with Gasteiger partial charge in [0.25, 0.3) is 0 Å². The molecule has 0 spiro atoms. The highest BCUT2D eigenvalue weighted by Gasteiger charge is 2.11. The Hall–Kier alpha value is -1.68. The molecule has 3 aromatic rings. The Balaban J connectivity index is 2.24. The minimum absolute atomic E-state index is 0.725. The fourth-order valence-electron chi connectivity index (χ4n) is 1.97. The molecule has 0 saturated carbocycles. The lowest BCUT2D eigenvalue weighted by molar-refractivity contribution is 0.574. The Kier molecular flexibility index (Phi) is 2.44. The predicted octanol–water partition coefficient (Wildman–Crippen LogP) is 3.26. The van der Waals surface area contributed by atoms with Gasteiger partial charge < -0.3 is 8.98 Å². The van der Waals surface area contributed by atoms with Crippen molar-refractivity contribution in [2.45, 2.75) is 5.75 Å². The smallest absolute Gasteiger partial charge is 0.176 e. The minimum Gasteiger partial charge on any atom is -0.461 e. The van der Waals surface area contributed by atoms with Crippen molar-refractivity contribution in [2.75, 3.05) is 0 Å². The molecule has 0 aliphatic heterocycles. The Morgan fingerprint density at radius 1 is 1.35 bits per heavy atom. The highest BCUT2D eigenvalue weighted by Crippen LogP contribution is 2.24. The number of rotatable bonds is 2. The number of fused-ring (bicyclic) bond motifs is 1. The molecular weight excluding hydrogens is 232 g/mol. The van der Waals surface area contributed by atoms with E-state index < -0.39 is 0 Å². The van der Waals surface area contributed by atoms with Gasteiger partial charge in [0, 0.05) is 12.8 Å². The van der Waals surface area contributed by atoms with Gasteiger partial charge in [0.1, 0.15) is 0 Å². The van der Waals surface area contributed by atoms with Crippen molar-refractivity contribution in [1.82, 2.24) is 9.55 Å². The van der Waals surface area contributed by atoms with Crippen LogP contribution in [0.15, 0.2) is 41.0 Å². The molecule has 4 heteroatoms. The van der Waals surface area contributed by atoms with E-state index in [0.717, 1.165) is 28.4 Å². The van der Waals surface area contributed by atoms with E-state index in [1.807, 2.05) is 23.7 Å². The molecule has 86 valence electrons. The summed E-state index contributed by atoms with van der Waals surface area (Å²) in [6.07, 6.45) is 1.66. The molecule has 1 aromatic carbocycles. The van der Waals surface area contributed by atoms with Crippen molar-refractivity contribution in [3.05, 3.63) is 42.2 Å². The van der Waals surface area contributed by atoms with Crippen LogP contribution in [0.25, 0.3) is 22.6 Å². The highest BCUT2D eigenvalue weighted by molar-refractivity contribution is 7.79. The van der Waals surface area contributed by atoms with Crippen LogP contribution in [0.4, 0.5) is 0 Å². The van der Waals surface area contributed by atoms with E-state index in [1.54, 1.807) is 6.26 Å². The van der Waals surface area contributed by atoms with E-state index in [9.17, 15) is 0 Å². The van der Waals surface area contributed by atoms with Gasteiger partial charge in [0.05, 0.1) is 17.3 Å². The number of hydrogen-bond donors (Lipinski definition) is 1. The average Bonchev–Trinajstić information content (AvgIpc) is 2.97. The van der Waals surface area contributed by atoms with E-state index in [0.29, 0.717) is 0 Å². The third kappa shape index (κ3) is 1.65. The number of aryl methyl sites for hydroxylation is 1. The molecule has 0 saturated heterocycles. The van der Waals surface area contributed by atoms with Gasteiger partial charge in [-0.3, -0.25) is 0 Å². The summed E-state index contributed by atoms with van der Waals surface area (Å²) < 4.78 is 7.43. The largest absolute Gasteiger partial charge is 0.461 e. The molecule has 0 fully saturated rings. The van der Waals surface area contributed by atoms with Crippen molar-refractivity contribution in [1.29, 1.82) is 0 Å². The fourth-order valence-corrected chi connectivity index (χ4v) is 2.17. The van der Waals surface area contributed by atoms with Crippen LogP contribution in [0.3, 0.4) is 0 Å². The molecule has 17 heavy (non-hydrogen) atoms. The molecule has 0 unspecified atom stereocenters. The molecule has 0 N–H and O–H groups in total. The Morgan fingerprint density at radius 2 is 2.24 bits per heavy atom. The summed E-state index contributed by atoms with van der Waals surface area (Å²) in [5.41, 5.74) is 3.25. The highest BCUT2D eigenvalue weighted by atomic mass is 32.1. The lowest BCUT2D eigenvalue weighted by Crippen LogP contribution is -1.90. The maximum Gasteiger partial charge on any atom is 0.176 e. The van der Waals surface area contributed by atoms with Crippen LogP contribution in [0.2, 0.25) is 0 Å². The molecule has 3 nitrogen and oxygen atoms in total. The van der Waals surface area contributed by atoms with Gasteiger partial charge in [-0.05, 0) is 29.8 Å². The van der Waals surface area contributed by atoms with E-state index in [2.05, 4.69) is 35.8 Å². The number of furan rings is 1. The predicted molar refractivity (Wildman–Crippen MR) is 71.1 cm³/mol. The Bertz CT molecular complexity index is 655. The topological polar surface area (TPSA) is 31.0 Å². The van der Waals surface area contributed by atoms with Crippen LogP contribution >= 0.6 is 12.6 Å². The third-order valence-corrected chi connectivity index (χ3v) is 3.23. The molecule has 0 bridgehead atoms. The van der Waals surface area contributed by atoms with E-state index >= 15 is 0 Å². The SMILES string of the molecule is Cn1c(-c2ccco2)nc2cc(CS)ccc21. The average molecular weight is 244 g/mol. The van der Waals surface area contributed by atoms with E-state index in [1.165, 1.54) is 5.56 Å². The van der Waals surface area contributed by atoms with Crippen LogP contribution in [-0.4, -0.2) is 9.55 Å². The molecule has 0 atom stereocenters. The summed E-state index contributed by atoms with van der Waals surface area (Å²) in [5, 5.41) is 0. The maximum atomic E-state index is 5.39. The first-order valence-corrected chi connectivity index (χ1v) is 6.03. The van der Waals surface area contributed by atoms with Gasteiger partial charge in [0.2, 0.25) is 0 Å². The summed E-state index contributed by atoms with van der Waals surface area (Å²) in [7, 11) is 1.99. The molecule has 0 aliphatic carbocycles. The minimum atomic E-state index is 0.725. The van der Waals surface area contributed by atoms with Gasteiger partial charge in [0.15, 0.2) is 11.6 Å². The fraction of sp³-hybridized carbons (Fsp3) is 0.154. The van der Waals surface area contributed by atoms with Crippen molar-refractivity contribution in [3.63, 3.8) is 0 Å². The monoisotopic (exact) mass is 244 g/mol. The number of benzene rings is 1. The van der Waals surface area contributed by atoms with E-state index in [-0.39, 0.29) is 0 Å². The quantitative estimate of drug-likeness (QED) is 0.701. The molecule has 2 heterocycles. The van der Waals surface area contributed by atoms with Crippen LogP contribution in [0.1, 0.15) is 5.56 Å². The first kappa shape index (κ1) is 10.5. The summed E-state index contributed by atoms with van der Waals surface area (Å²) in [6.45, 7) is 0. The summed E-state index contributed by atoms with van der Waals surface area (Å²) >= 11 is 4.28. The number of thiol groups is 1. The first-order chi connectivity index (χ1) is 8.29. The molecule has 3 rings (SSSR count). The first-order valence-electron chi connectivity index (χ1n) is 5.39. The molecular formula is C13H12N2OS. The van der Waals surface area contributed by atoms with Gasteiger partial charge in [-0.2, -0.15) is 12.6 Å². The van der Waals surface area contributed by atoms with Crippen LogP contribution in [0.5, 0.6) is 0 Å². The van der Waals surface area contributed by atoms with Crippen molar-refractivity contribution in [2.24, 2.45) is 7.05 Å². The normalized spacial score (nSPS) is 11.2. The second kappa shape index (κ2) is 3.96. The molecule has 0 radical (unpaired) electrons. The standard InChI is InChI=1S/C13H12N2OS/c1-15-11-5-4-9(8-17)7-10(11)14-13(15)12-3-2-6-16-12/h2-7,17H,8H2,1H3. The Morgan fingerprint density at radius 3 is 2.94 bits per heavy atom. The lowest BCUT2D eigenvalue weighted by atomic mass is 10.2. The molecule has 0 amide bonds. The van der Waals surface area contributed by atoms with Crippen LogP contribution in [-0.2, 0) is 12.8 Å². The molecule has 2 aromatic heterocycles. The third-order valence-electron chi connectivity index (χ3n) is 2.87. The zero-order chi connectivity index (χ0) is 11.8. The summed E-state index contributed by atoms with van der Waals surface area (Å²) in [4.78, 5) is 4.60. The number of imidazole rings is 1. The Labute approximate surface area is 104 Å². The zero-order valence-corrected chi connectivity index (χ0v) is 10.3. The van der Waals surface area contributed by atoms with Crippen molar-refractivity contribution < 1.29 is 4.42 Å². The van der Waals surface area contributed by atoms with E-state index in [4.69, 9.17) is 4.42 Å². The lowest BCUT2D eigenvalue weighted by Gasteiger charge is -1.99. The number of nitrogens with zero attached hydrogens (tertiary/aromatic N) is 2. The maximum absolute atomic E-state index is 5.39. The summed E-state index contributed by atoms with van der Waals surface area (Å²) in [5.74, 6) is 2.36. The van der Waals surface area contributed by atoms with Crippen molar-refractivity contribution in [3.8, 4) is 11.6 Å². The van der Waals surface area contributed by atoms with Gasteiger partial charge in [-0.25, -0.2) is 4.98 Å². The second-order valence-corrected chi connectivity index (χ2v) is 4.27. The van der Waals surface area contributed by atoms with Crippen LogP contribution < -0.4 is 0 Å². The van der Waals surface area contributed by atoms with Gasteiger partial charge in [-0.1, -0.05) is 6.07 Å². The number of hydrogen-bond acceptors (Lipinski definition) is 3. The van der Waals surface area contributed by atoms with Crippen LogP contribution in [0, 0.1) is 0 Å². The zero-order valence-electron chi connectivity index (χ0n) is 9.42. The summed E-state index contributed by atoms with van der Waals surface area (Å²) in [6, 6.07) is 9.99. The van der Waals surface area contributed by atoms with Crippen molar-refractivity contribution >= 4 is 23.7 Å². The van der Waals surface area contributed by atoms with Gasteiger partial charge >= 0.3 is 0 Å². The molecule has 0 aliphatic rings. The van der Waals surface area contributed by atoms with Gasteiger partial charge in [-0.15, -0.1) is 0 Å².